The maximum atomic E-state index is 11.6. The highest BCUT2D eigenvalue weighted by Crippen LogP contribution is 2.12. The van der Waals surface area contributed by atoms with Crippen molar-refractivity contribution in [1.29, 1.82) is 0 Å². The third-order valence-corrected chi connectivity index (χ3v) is 4.32. The van der Waals surface area contributed by atoms with E-state index in [0.717, 1.165) is 19.4 Å². The van der Waals surface area contributed by atoms with Gasteiger partial charge in [0.1, 0.15) is 0 Å². The number of sulfonamides is 1. The van der Waals surface area contributed by atoms with E-state index in [9.17, 15) is 13.2 Å². The summed E-state index contributed by atoms with van der Waals surface area (Å²) in [7, 11) is -2.22. The van der Waals surface area contributed by atoms with Crippen LogP contribution in [-0.4, -0.2) is 55.7 Å². The maximum Gasteiger partial charge on any atom is 0.320 e. The number of likely N-dealkylation sites (N-methyl/N-ethyl adjacent to an activating group) is 1. The van der Waals surface area contributed by atoms with Crippen LogP contribution in [0.15, 0.2) is 0 Å². The smallest absolute Gasteiger partial charge is 0.320 e. The number of rotatable bonds is 4. The molecule has 1 unspecified atom stereocenters. The number of nitrogens with one attached hydrogen (secondary N) is 1. The lowest BCUT2D eigenvalue weighted by Crippen LogP contribution is -2.47. The van der Waals surface area contributed by atoms with E-state index in [2.05, 4.69) is 5.32 Å². The van der Waals surface area contributed by atoms with E-state index in [1.165, 1.54) is 11.4 Å². The summed E-state index contributed by atoms with van der Waals surface area (Å²) in [5.41, 5.74) is 0. The van der Waals surface area contributed by atoms with Crippen LogP contribution in [0.2, 0.25) is 0 Å². The molecule has 0 aromatic carbocycles. The van der Waals surface area contributed by atoms with Gasteiger partial charge in [-0.1, -0.05) is 0 Å². The number of hydrogen-bond acceptors (Lipinski definition) is 4. The highest BCUT2D eigenvalue weighted by Gasteiger charge is 2.29. The molecule has 0 aliphatic carbocycles. The van der Waals surface area contributed by atoms with E-state index in [4.69, 9.17) is 5.11 Å². The molecule has 0 radical (unpaired) electrons. The molecule has 1 atom stereocenters. The van der Waals surface area contributed by atoms with Gasteiger partial charge in [0.2, 0.25) is 10.0 Å². The predicted octanol–water partition coefficient (Wildman–Crippen LogP) is -0.915. The molecular formula is C8H16N2O4S. The van der Waals surface area contributed by atoms with Crippen molar-refractivity contribution in [1.82, 2.24) is 9.62 Å². The number of aliphatic carboxylic acids is 1. The van der Waals surface area contributed by atoms with Gasteiger partial charge in [-0.2, -0.15) is 0 Å². The first kappa shape index (κ1) is 12.4. The Labute approximate surface area is 89.3 Å². The fourth-order valence-corrected chi connectivity index (χ4v) is 2.78. The molecule has 1 aliphatic rings. The van der Waals surface area contributed by atoms with Crippen molar-refractivity contribution in [3.05, 3.63) is 0 Å². The molecule has 2 N–H and O–H groups in total. The molecule has 1 fully saturated rings. The molecule has 1 rings (SSSR count). The van der Waals surface area contributed by atoms with Crippen LogP contribution in [0.4, 0.5) is 0 Å². The van der Waals surface area contributed by atoms with Gasteiger partial charge in [0, 0.05) is 19.6 Å². The molecule has 0 spiro atoms. The zero-order valence-corrected chi connectivity index (χ0v) is 9.46. The Morgan fingerprint density at radius 3 is 2.73 bits per heavy atom. The second-order valence-corrected chi connectivity index (χ2v) is 5.69. The van der Waals surface area contributed by atoms with Crippen LogP contribution in [0.25, 0.3) is 0 Å². The van der Waals surface area contributed by atoms with Gasteiger partial charge in [0.15, 0.2) is 5.75 Å². The highest BCUT2D eigenvalue weighted by molar-refractivity contribution is 7.89. The normalized spacial score (nSPS) is 22.9. The zero-order valence-electron chi connectivity index (χ0n) is 8.64. The minimum atomic E-state index is -3.67. The number of piperidine rings is 1. The Morgan fingerprint density at radius 2 is 2.27 bits per heavy atom. The minimum Gasteiger partial charge on any atom is -0.480 e. The van der Waals surface area contributed by atoms with E-state index in [0.29, 0.717) is 6.54 Å². The minimum absolute atomic E-state index is 0.122. The molecule has 0 amide bonds. The maximum absolute atomic E-state index is 11.6. The quantitative estimate of drug-likeness (QED) is 0.659. The molecule has 0 aromatic heterocycles. The van der Waals surface area contributed by atoms with Crippen molar-refractivity contribution in [2.24, 2.45) is 0 Å². The second kappa shape index (κ2) is 4.91. The number of hydrogen-bond donors (Lipinski definition) is 2. The number of carboxylic acid groups (broad SMARTS) is 1. The summed E-state index contributed by atoms with van der Waals surface area (Å²) in [4.78, 5) is 10.4. The Balaban J connectivity index is 2.65. The van der Waals surface area contributed by atoms with Crippen LogP contribution in [0.3, 0.4) is 0 Å². The van der Waals surface area contributed by atoms with Crippen molar-refractivity contribution >= 4 is 16.0 Å². The Hall–Kier alpha value is -0.660. The Bertz CT molecular complexity index is 322. The lowest BCUT2D eigenvalue weighted by atomic mass is 10.1. The van der Waals surface area contributed by atoms with Crippen LogP contribution >= 0.6 is 0 Å². The summed E-state index contributed by atoms with van der Waals surface area (Å²) in [5.74, 6) is -2.15. The number of nitrogens with zero attached hydrogens (tertiary/aromatic N) is 1. The summed E-state index contributed by atoms with van der Waals surface area (Å²) >= 11 is 0. The van der Waals surface area contributed by atoms with Crippen LogP contribution in [0.5, 0.6) is 0 Å². The lowest BCUT2D eigenvalue weighted by molar-refractivity contribution is -0.134. The fourth-order valence-electron chi connectivity index (χ4n) is 1.63. The van der Waals surface area contributed by atoms with Gasteiger partial charge in [-0.25, -0.2) is 12.7 Å². The second-order valence-electron chi connectivity index (χ2n) is 3.67. The number of carboxylic acids is 1. The summed E-state index contributed by atoms with van der Waals surface area (Å²) in [5, 5.41) is 11.6. The van der Waals surface area contributed by atoms with Gasteiger partial charge in [-0.3, -0.25) is 4.79 Å². The van der Waals surface area contributed by atoms with Gasteiger partial charge in [-0.05, 0) is 19.4 Å². The summed E-state index contributed by atoms with van der Waals surface area (Å²) in [6.45, 7) is 1.48. The first-order valence-electron chi connectivity index (χ1n) is 4.81. The molecule has 1 aliphatic heterocycles. The topological polar surface area (TPSA) is 86.7 Å². The van der Waals surface area contributed by atoms with Crippen LogP contribution < -0.4 is 5.32 Å². The SMILES string of the molecule is CN(C1CCCNC1)S(=O)(=O)CC(=O)O. The average molecular weight is 236 g/mol. The molecule has 15 heavy (non-hydrogen) atoms. The highest BCUT2D eigenvalue weighted by atomic mass is 32.2. The molecule has 7 heteroatoms. The Morgan fingerprint density at radius 1 is 1.60 bits per heavy atom. The third kappa shape index (κ3) is 3.44. The van der Waals surface area contributed by atoms with Crippen LogP contribution in [-0.2, 0) is 14.8 Å². The van der Waals surface area contributed by atoms with Gasteiger partial charge in [-0.15, -0.1) is 0 Å². The monoisotopic (exact) mass is 236 g/mol. The first-order chi connectivity index (χ1) is 6.93. The van der Waals surface area contributed by atoms with Gasteiger partial charge >= 0.3 is 5.97 Å². The van der Waals surface area contributed by atoms with Crippen LogP contribution in [0, 0.1) is 0 Å². The van der Waals surface area contributed by atoms with Gasteiger partial charge in [0.05, 0.1) is 0 Å². The molecule has 1 heterocycles. The lowest BCUT2D eigenvalue weighted by Gasteiger charge is -2.30. The average Bonchev–Trinajstić information content (AvgIpc) is 2.16. The van der Waals surface area contributed by atoms with E-state index < -0.39 is 21.7 Å². The standard InChI is InChI=1S/C8H16N2O4S/c1-10(7-3-2-4-9-5-7)15(13,14)6-8(11)12/h7,9H,2-6H2,1H3,(H,11,12). The Kier molecular flexibility index (Phi) is 4.06. The third-order valence-electron chi connectivity index (χ3n) is 2.53. The van der Waals surface area contributed by atoms with E-state index in [1.807, 2.05) is 0 Å². The molecule has 0 aromatic rings. The largest absolute Gasteiger partial charge is 0.480 e. The molecule has 0 bridgehead atoms. The molecule has 0 saturated carbocycles. The van der Waals surface area contributed by atoms with Crippen molar-refractivity contribution in [2.75, 3.05) is 25.9 Å². The van der Waals surface area contributed by atoms with Gasteiger partial charge < -0.3 is 10.4 Å². The molecule has 88 valence electrons. The molecule has 6 nitrogen and oxygen atoms in total. The summed E-state index contributed by atoms with van der Waals surface area (Å²) in [6, 6.07) is -0.122. The van der Waals surface area contributed by atoms with Crippen LogP contribution in [0.1, 0.15) is 12.8 Å². The molecular weight excluding hydrogens is 220 g/mol. The van der Waals surface area contributed by atoms with E-state index in [-0.39, 0.29) is 6.04 Å². The van der Waals surface area contributed by atoms with Crippen molar-refractivity contribution in [2.45, 2.75) is 18.9 Å². The predicted molar refractivity (Wildman–Crippen MR) is 55.1 cm³/mol. The van der Waals surface area contributed by atoms with Crippen molar-refractivity contribution < 1.29 is 18.3 Å². The van der Waals surface area contributed by atoms with Crippen molar-refractivity contribution in [3.63, 3.8) is 0 Å². The summed E-state index contributed by atoms with van der Waals surface area (Å²) in [6.07, 6.45) is 1.69. The zero-order chi connectivity index (χ0) is 11.5. The molecule has 1 saturated heterocycles. The first-order valence-corrected chi connectivity index (χ1v) is 6.42. The number of carbonyl (C=O) groups is 1. The van der Waals surface area contributed by atoms with Crippen molar-refractivity contribution in [3.8, 4) is 0 Å². The summed E-state index contributed by atoms with van der Waals surface area (Å²) < 4.78 is 24.3. The van der Waals surface area contributed by atoms with Gasteiger partial charge in [0.25, 0.3) is 0 Å². The fraction of sp³-hybridized carbons (Fsp3) is 0.875. The van der Waals surface area contributed by atoms with E-state index in [1.54, 1.807) is 0 Å². The van der Waals surface area contributed by atoms with E-state index >= 15 is 0 Å².